The standard InChI is InChI=1S/C15H17NO2/c1-4-18-8-7-13-9-12-6-5-11(2)16-14(12)10-15(13)17-3/h5-10H,4H2,1-3H3. The van der Waals surface area contributed by atoms with Crippen LogP contribution < -0.4 is 4.74 Å². The second kappa shape index (κ2) is 5.54. The Morgan fingerprint density at radius 2 is 2.11 bits per heavy atom. The minimum Gasteiger partial charge on any atom is -0.501 e. The van der Waals surface area contributed by atoms with E-state index in [0.29, 0.717) is 6.61 Å². The van der Waals surface area contributed by atoms with Gasteiger partial charge in [-0.25, -0.2) is 0 Å². The van der Waals surface area contributed by atoms with Gasteiger partial charge in [-0.2, -0.15) is 0 Å². The topological polar surface area (TPSA) is 31.4 Å². The van der Waals surface area contributed by atoms with Crippen LogP contribution in [0.25, 0.3) is 17.0 Å². The smallest absolute Gasteiger partial charge is 0.128 e. The van der Waals surface area contributed by atoms with Crippen molar-refractivity contribution >= 4 is 17.0 Å². The summed E-state index contributed by atoms with van der Waals surface area (Å²) in [6, 6.07) is 8.07. The lowest BCUT2D eigenvalue weighted by molar-refractivity contribution is 0.272. The van der Waals surface area contributed by atoms with Crippen molar-refractivity contribution in [2.45, 2.75) is 13.8 Å². The average Bonchev–Trinajstić information content (AvgIpc) is 2.38. The number of hydrogen-bond donors (Lipinski definition) is 0. The van der Waals surface area contributed by atoms with Crippen LogP contribution in [0, 0.1) is 6.92 Å². The van der Waals surface area contributed by atoms with Gasteiger partial charge in [-0.3, -0.25) is 4.98 Å². The van der Waals surface area contributed by atoms with E-state index in [4.69, 9.17) is 9.47 Å². The maximum Gasteiger partial charge on any atom is 0.128 e. The largest absolute Gasteiger partial charge is 0.501 e. The van der Waals surface area contributed by atoms with Gasteiger partial charge in [0, 0.05) is 22.7 Å². The molecule has 1 aromatic heterocycles. The lowest BCUT2D eigenvalue weighted by Gasteiger charge is -2.07. The van der Waals surface area contributed by atoms with E-state index in [1.807, 2.05) is 32.1 Å². The van der Waals surface area contributed by atoms with E-state index < -0.39 is 0 Å². The van der Waals surface area contributed by atoms with Gasteiger partial charge in [0.1, 0.15) is 5.75 Å². The van der Waals surface area contributed by atoms with Gasteiger partial charge in [0.25, 0.3) is 0 Å². The molecule has 2 aromatic rings. The third kappa shape index (κ3) is 2.62. The molecule has 0 saturated carbocycles. The second-order valence-electron chi connectivity index (χ2n) is 4.00. The molecular formula is C15H17NO2. The summed E-state index contributed by atoms with van der Waals surface area (Å²) in [5.74, 6) is 0.802. The summed E-state index contributed by atoms with van der Waals surface area (Å²) in [7, 11) is 1.66. The predicted molar refractivity (Wildman–Crippen MR) is 73.7 cm³/mol. The Morgan fingerprint density at radius 3 is 2.83 bits per heavy atom. The minimum absolute atomic E-state index is 0.660. The number of methoxy groups -OCH3 is 1. The number of nitrogens with zero attached hydrogens (tertiary/aromatic N) is 1. The fourth-order valence-electron chi connectivity index (χ4n) is 1.80. The van der Waals surface area contributed by atoms with Crippen LogP contribution in [0.4, 0.5) is 0 Å². The quantitative estimate of drug-likeness (QED) is 0.769. The molecule has 0 fully saturated rings. The van der Waals surface area contributed by atoms with E-state index in [1.54, 1.807) is 13.4 Å². The van der Waals surface area contributed by atoms with E-state index in [9.17, 15) is 0 Å². The van der Waals surface area contributed by atoms with Crippen molar-refractivity contribution in [1.82, 2.24) is 4.98 Å². The molecular weight excluding hydrogens is 226 g/mol. The van der Waals surface area contributed by atoms with Crippen LogP contribution in [0.1, 0.15) is 18.2 Å². The monoisotopic (exact) mass is 243 g/mol. The molecule has 3 nitrogen and oxygen atoms in total. The molecule has 3 heteroatoms. The van der Waals surface area contributed by atoms with Crippen molar-refractivity contribution < 1.29 is 9.47 Å². The van der Waals surface area contributed by atoms with Gasteiger partial charge in [-0.05, 0) is 32.1 Å². The zero-order chi connectivity index (χ0) is 13.0. The molecule has 18 heavy (non-hydrogen) atoms. The van der Waals surface area contributed by atoms with Crippen molar-refractivity contribution in [3.05, 3.63) is 41.8 Å². The third-order valence-corrected chi connectivity index (χ3v) is 2.69. The molecule has 0 aliphatic rings. The van der Waals surface area contributed by atoms with Crippen LogP contribution in [0.3, 0.4) is 0 Å². The van der Waals surface area contributed by atoms with Gasteiger partial charge in [0.05, 0.1) is 25.5 Å². The first-order valence-electron chi connectivity index (χ1n) is 5.98. The van der Waals surface area contributed by atoms with E-state index in [1.165, 1.54) is 0 Å². The van der Waals surface area contributed by atoms with Gasteiger partial charge in [0.2, 0.25) is 0 Å². The van der Waals surface area contributed by atoms with E-state index in [0.717, 1.165) is 27.9 Å². The van der Waals surface area contributed by atoms with E-state index in [-0.39, 0.29) is 0 Å². The number of aryl methyl sites for hydroxylation is 1. The first-order chi connectivity index (χ1) is 8.74. The third-order valence-electron chi connectivity index (χ3n) is 2.69. The highest BCUT2D eigenvalue weighted by atomic mass is 16.5. The number of ether oxygens (including phenoxy) is 2. The van der Waals surface area contributed by atoms with Crippen molar-refractivity contribution in [1.29, 1.82) is 0 Å². The van der Waals surface area contributed by atoms with Crippen molar-refractivity contribution in [3.8, 4) is 5.75 Å². The highest BCUT2D eigenvalue weighted by Crippen LogP contribution is 2.26. The molecule has 2 rings (SSSR count). The Hall–Kier alpha value is -2.03. The first kappa shape index (κ1) is 12.4. The highest BCUT2D eigenvalue weighted by molar-refractivity contribution is 5.84. The maximum atomic E-state index is 5.38. The Bertz CT molecular complexity index is 576. The van der Waals surface area contributed by atoms with Gasteiger partial charge in [-0.1, -0.05) is 6.07 Å². The van der Waals surface area contributed by atoms with Crippen LogP contribution in [-0.4, -0.2) is 18.7 Å². The number of benzene rings is 1. The molecule has 1 heterocycles. The summed E-state index contributed by atoms with van der Waals surface area (Å²) in [4.78, 5) is 4.49. The first-order valence-corrected chi connectivity index (χ1v) is 5.98. The SMILES string of the molecule is CCOC=Cc1cc2ccc(C)nc2cc1OC. The number of fused-ring (bicyclic) bond motifs is 1. The van der Waals surface area contributed by atoms with Crippen molar-refractivity contribution in [2.24, 2.45) is 0 Å². The van der Waals surface area contributed by atoms with Crippen LogP contribution in [0.2, 0.25) is 0 Å². The molecule has 1 aromatic carbocycles. The van der Waals surface area contributed by atoms with Crippen LogP contribution in [0.15, 0.2) is 30.5 Å². The molecule has 0 saturated heterocycles. The molecule has 0 aliphatic heterocycles. The average molecular weight is 243 g/mol. The van der Waals surface area contributed by atoms with E-state index in [2.05, 4.69) is 17.1 Å². The molecule has 0 N–H and O–H groups in total. The Morgan fingerprint density at radius 1 is 1.28 bits per heavy atom. The molecule has 0 radical (unpaired) electrons. The second-order valence-corrected chi connectivity index (χ2v) is 4.00. The molecule has 0 amide bonds. The zero-order valence-electron chi connectivity index (χ0n) is 10.9. The Labute approximate surface area is 107 Å². The summed E-state index contributed by atoms with van der Waals surface area (Å²) >= 11 is 0. The van der Waals surface area contributed by atoms with Gasteiger partial charge in [-0.15, -0.1) is 0 Å². The maximum absolute atomic E-state index is 5.38. The van der Waals surface area contributed by atoms with Gasteiger partial charge in [0.15, 0.2) is 0 Å². The summed E-state index contributed by atoms with van der Waals surface area (Å²) in [6.07, 6.45) is 3.59. The summed E-state index contributed by atoms with van der Waals surface area (Å²) in [6.45, 7) is 4.59. The fraction of sp³-hybridized carbons (Fsp3) is 0.267. The zero-order valence-corrected chi connectivity index (χ0v) is 10.9. The molecule has 0 aliphatic carbocycles. The normalized spacial score (nSPS) is 11.1. The highest BCUT2D eigenvalue weighted by Gasteiger charge is 2.04. The van der Waals surface area contributed by atoms with Crippen molar-refractivity contribution in [3.63, 3.8) is 0 Å². The predicted octanol–water partition coefficient (Wildman–Crippen LogP) is 3.56. The fourth-order valence-corrected chi connectivity index (χ4v) is 1.80. The Balaban J connectivity index is 2.48. The van der Waals surface area contributed by atoms with Crippen LogP contribution in [-0.2, 0) is 4.74 Å². The number of pyridine rings is 1. The minimum atomic E-state index is 0.660. The molecule has 0 atom stereocenters. The van der Waals surface area contributed by atoms with Gasteiger partial charge >= 0.3 is 0 Å². The van der Waals surface area contributed by atoms with Crippen LogP contribution >= 0.6 is 0 Å². The number of aromatic nitrogens is 1. The lowest BCUT2D eigenvalue weighted by Crippen LogP contribution is -1.90. The summed E-state index contributed by atoms with van der Waals surface area (Å²) in [5, 5.41) is 1.09. The molecule has 0 spiro atoms. The summed E-state index contributed by atoms with van der Waals surface area (Å²) in [5.41, 5.74) is 2.94. The van der Waals surface area contributed by atoms with E-state index >= 15 is 0 Å². The lowest BCUT2D eigenvalue weighted by atomic mass is 10.1. The molecule has 94 valence electrons. The van der Waals surface area contributed by atoms with Crippen molar-refractivity contribution in [2.75, 3.05) is 13.7 Å². The molecule has 0 bridgehead atoms. The number of rotatable bonds is 4. The summed E-state index contributed by atoms with van der Waals surface area (Å²) < 4.78 is 10.6. The Kier molecular flexibility index (Phi) is 3.82. The van der Waals surface area contributed by atoms with Crippen LogP contribution in [0.5, 0.6) is 5.75 Å². The molecule has 0 unspecified atom stereocenters. The number of hydrogen-bond acceptors (Lipinski definition) is 3. The van der Waals surface area contributed by atoms with Gasteiger partial charge < -0.3 is 9.47 Å².